The molecule has 18 heavy (non-hydrogen) atoms. The second-order valence-electron chi connectivity index (χ2n) is 6.23. The van der Waals surface area contributed by atoms with Crippen LogP contribution in [0.1, 0.15) is 53.9 Å². The maximum absolute atomic E-state index is 12.5. The molecule has 0 saturated carbocycles. The molecule has 1 aliphatic heterocycles. The summed E-state index contributed by atoms with van der Waals surface area (Å²) in [5.41, 5.74) is 0.0276. The van der Waals surface area contributed by atoms with E-state index in [1.807, 2.05) is 11.8 Å². The molecular weight excluding hydrogens is 228 g/mol. The van der Waals surface area contributed by atoms with Gasteiger partial charge in [0.25, 0.3) is 0 Å². The predicted octanol–water partition coefficient (Wildman–Crippen LogP) is 1.94. The number of hydrogen-bond acceptors (Lipinski definition) is 2. The first-order chi connectivity index (χ1) is 8.27. The fraction of sp³-hybridized carbons (Fsp3) is 0.857. The number of carbonyl (C=O) groups excluding carboxylic acids is 2. The van der Waals surface area contributed by atoms with E-state index in [2.05, 4.69) is 33.0 Å². The zero-order chi connectivity index (χ0) is 13.9. The van der Waals surface area contributed by atoms with Crippen molar-refractivity contribution < 1.29 is 9.59 Å². The van der Waals surface area contributed by atoms with Crippen LogP contribution in [-0.4, -0.2) is 35.3 Å². The topological polar surface area (TPSA) is 49.4 Å². The number of nitrogens with zero attached hydrogens (tertiary/aromatic N) is 1. The fourth-order valence-electron chi connectivity index (χ4n) is 2.20. The molecule has 104 valence electrons. The highest BCUT2D eigenvalue weighted by Gasteiger charge is 2.35. The summed E-state index contributed by atoms with van der Waals surface area (Å²) in [5, 5.41) is 2.84. The molecule has 1 aliphatic rings. The Morgan fingerprint density at radius 2 is 2.00 bits per heavy atom. The van der Waals surface area contributed by atoms with Gasteiger partial charge in [-0.3, -0.25) is 9.59 Å². The van der Waals surface area contributed by atoms with Gasteiger partial charge in [0.2, 0.25) is 11.8 Å². The van der Waals surface area contributed by atoms with Gasteiger partial charge in [0.05, 0.1) is 0 Å². The van der Waals surface area contributed by atoms with Gasteiger partial charge in [-0.05, 0) is 18.8 Å². The predicted molar refractivity (Wildman–Crippen MR) is 72.1 cm³/mol. The maximum atomic E-state index is 12.5. The van der Waals surface area contributed by atoms with Crippen LogP contribution in [0.15, 0.2) is 0 Å². The summed E-state index contributed by atoms with van der Waals surface area (Å²) in [6, 6.07) is -0.202. The molecule has 0 aromatic rings. The first kappa shape index (κ1) is 15.0. The molecule has 0 aliphatic carbocycles. The summed E-state index contributed by atoms with van der Waals surface area (Å²) < 4.78 is 0. The molecule has 2 unspecified atom stereocenters. The van der Waals surface area contributed by atoms with Crippen molar-refractivity contribution in [1.82, 2.24) is 10.2 Å². The largest absolute Gasteiger partial charge is 0.344 e. The van der Waals surface area contributed by atoms with Gasteiger partial charge in [0.1, 0.15) is 6.04 Å². The Hall–Kier alpha value is -1.06. The lowest BCUT2D eigenvalue weighted by molar-refractivity contribution is -0.137. The highest BCUT2D eigenvalue weighted by atomic mass is 16.2. The molecule has 0 aromatic heterocycles. The summed E-state index contributed by atoms with van der Waals surface area (Å²) in [6.45, 7) is 11.0. The molecule has 2 amide bonds. The lowest BCUT2D eigenvalue weighted by atomic mass is 9.86. The average molecular weight is 254 g/mol. The molecule has 1 fully saturated rings. The third-order valence-electron chi connectivity index (χ3n) is 3.79. The molecule has 1 rings (SSSR count). The van der Waals surface area contributed by atoms with E-state index in [1.165, 1.54) is 0 Å². The molecular formula is C14H26N2O2. The van der Waals surface area contributed by atoms with Crippen LogP contribution in [0.2, 0.25) is 0 Å². The van der Waals surface area contributed by atoms with Crippen molar-refractivity contribution in [1.29, 1.82) is 0 Å². The molecule has 0 spiro atoms. The van der Waals surface area contributed by atoms with Crippen LogP contribution in [0.4, 0.5) is 0 Å². The minimum absolute atomic E-state index is 0.00888. The van der Waals surface area contributed by atoms with Gasteiger partial charge in [-0.15, -0.1) is 0 Å². The van der Waals surface area contributed by atoms with Crippen LogP contribution >= 0.6 is 0 Å². The van der Waals surface area contributed by atoms with Crippen LogP contribution in [0.3, 0.4) is 0 Å². The molecule has 0 radical (unpaired) electrons. The van der Waals surface area contributed by atoms with Gasteiger partial charge < -0.3 is 10.2 Å². The standard InChI is InChI=1S/C14H26N2O2/c1-6-7-11-13(18)16(9-8-12(17)15-11)10(2)14(3,4)5/h10-11H,6-9H2,1-5H3,(H,15,17). The van der Waals surface area contributed by atoms with Gasteiger partial charge in [-0.25, -0.2) is 0 Å². The Kier molecular flexibility index (Phi) is 4.77. The van der Waals surface area contributed by atoms with Gasteiger partial charge >= 0.3 is 0 Å². The van der Waals surface area contributed by atoms with Crippen LogP contribution in [-0.2, 0) is 9.59 Å². The Morgan fingerprint density at radius 3 is 2.50 bits per heavy atom. The van der Waals surface area contributed by atoms with Crippen LogP contribution in [0, 0.1) is 5.41 Å². The van der Waals surface area contributed by atoms with Crippen LogP contribution in [0.5, 0.6) is 0 Å². The SMILES string of the molecule is CCCC1NC(=O)CCN(C(C)C(C)(C)C)C1=O. The minimum Gasteiger partial charge on any atom is -0.344 e. The monoisotopic (exact) mass is 254 g/mol. The third-order valence-corrected chi connectivity index (χ3v) is 3.79. The highest BCUT2D eigenvalue weighted by Crippen LogP contribution is 2.26. The zero-order valence-corrected chi connectivity index (χ0v) is 12.2. The fourth-order valence-corrected chi connectivity index (χ4v) is 2.20. The molecule has 1 heterocycles. The van der Waals surface area contributed by atoms with Crippen molar-refractivity contribution in [2.24, 2.45) is 5.41 Å². The molecule has 0 aromatic carbocycles. The maximum Gasteiger partial charge on any atom is 0.245 e. The van der Waals surface area contributed by atoms with Crippen LogP contribution < -0.4 is 5.32 Å². The van der Waals surface area contributed by atoms with E-state index >= 15 is 0 Å². The van der Waals surface area contributed by atoms with Gasteiger partial charge in [-0.1, -0.05) is 34.1 Å². The summed E-state index contributed by atoms with van der Waals surface area (Å²) >= 11 is 0. The number of nitrogens with one attached hydrogen (secondary N) is 1. The van der Waals surface area contributed by atoms with E-state index in [-0.39, 0.29) is 29.3 Å². The van der Waals surface area contributed by atoms with E-state index in [4.69, 9.17) is 0 Å². The second kappa shape index (κ2) is 5.72. The smallest absolute Gasteiger partial charge is 0.245 e. The van der Waals surface area contributed by atoms with Crippen molar-refractivity contribution in [3.8, 4) is 0 Å². The Balaban J connectivity index is 2.90. The van der Waals surface area contributed by atoms with Gasteiger partial charge in [-0.2, -0.15) is 0 Å². The van der Waals surface area contributed by atoms with Crippen molar-refractivity contribution in [3.63, 3.8) is 0 Å². The molecule has 0 bridgehead atoms. The molecule has 2 atom stereocenters. The Morgan fingerprint density at radius 1 is 1.39 bits per heavy atom. The van der Waals surface area contributed by atoms with Crippen LogP contribution in [0.25, 0.3) is 0 Å². The molecule has 4 nitrogen and oxygen atoms in total. The Bertz CT molecular complexity index is 320. The molecule has 1 N–H and O–H groups in total. The zero-order valence-electron chi connectivity index (χ0n) is 12.2. The number of rotatable bonds is 3. The van der Waals surface area contributed by atoms with Gasteiger partial charge in [0, 0.05) is 19.0 Å². The van der Waals surface area contributed by atoms with Crippen molar-refractivity contribution >= 4 is 11.8 Å². The average Bonchev–Trinajstić information content (AvgIpc) is 2.38. The lowest BCUT2D eigenvalue weighted by Gasteiger charge is -2.38. The lowest BCUT2D eigenvalue weighted by Crippen LogP contribution is -2.51. The summed E-state index contributed by atoms with van der Waals surface area (Å²) in [5.74, 6) is 0.0653. The first-order valence-electron chi connectivity index (χ1n) is 6.87. The third kappa shape index (κ3) is 3.47. The van der Waals surface area contributed by atoms with E-state index < -0.39 is 0 Å². The summed E-state index contributed by atoms with van der Waals surface area (Å²) in [6.07, 6.45) is 2.03. The van der Waals surface area contributed by atoms with Crippen molar-refractivity contribution in [2.75, 3.05) is 6.54 Å². The van der Waals surface area contributed by atoms with E-state index in [0.29, 0.717) is 13.0 Å². The molecule has 4 heteroatoms. The quantitative estimate of drug-likeness (QED) is 0.836. The second-order valence-corrected chi connectivity index (χ2v) is 6.23. The first-order valence-corrected chi connectivity index (χ1v) is 6.87. The molecule has 1 saturated heterocycles. The number of amides is 2. The van der Waals surface area contributed by atoms with Gasteiger partial charge in [0.15, 0.2) is 0 Å². The van der Waals surface area contributed by atoms with Crippen molar-refractivity contribution in [2.45, 2.75) is 66.0 Å². The highest BCUT2D eigenvalue weighted by molar-refractivity contribution is 5.90. The van der Waals surface area contributed by atoms with E-state index in [9.17, 15) is 9.59 Å². The minimum atomic E-state index is -0.338. The number of carbonyl (C=O) groups is 2. The van der Waals surface area contributed by atoms with E-state index in [1.54, 1.807) is 0 Å². The van der Waals surface area contributed by atoms with Crippen molar-refractivity contribution in [3.05, 3.63) is 0 Å². The number of hydrogen-bond donors (Lipinski definition) is 1. The summed E-state index contributed by atoms with van der Waals surface area (Å²) in [7, 11) is 0. The normalized spacial score (nSPS) is 23.6. The van der Waals surface area contributed by atoms with E-state index in [0.717, 1.165) is 12.8 Å². The Labute approximate surface area is 110 Å². The summed E-state index contributed by atoms with van der Waals surface area (Å²) in [4.78, 5) is 26.0.